The van der Waals surface area contributed by atoms with Gasteiger partial charge in [0.2, 0.25) is 0 Å². The fourth-order valence-corrected chi connectivity index (χ4v) is 0.720. The van der Waals surface area contributed by atoms with Crippen LogP contribution in [0.25, 0.3) is 0 Å². The molecule has 1 rings (SSSR count). The van der Waals surface area contributed by atoms with Crippen molar-refractivity contribution in [1.29, 1.82) is 0 Å². The minimum Gasteiger partial charge on any atom is -0.365 e. The second-order valence-corrected chi connectivity index (χ2v) is 1.88. The van der Waals surface area contributed by atoms with Gasteiger partial charge in [-0.15, -0.1) is 0 Å². The first kappa shape index (κ1) is 6.80. The Kier molecular flexibility index (Phi) is 1.71. The summed E-state index contributed by atoms with van der Waals surface area (Å²) in [7, 11) is 0. The maximum atomic E-state index is 10.6. The SMILES string of the molecule is CCc1oncc1C(N)=O. The van der Waals surface area contributed by atoms with Gasteiger partial charge in [-0.3, -0.25) is 4.79 Å². The third-order valence-electron chi connectivity index (χ3n) is 1.23. The van der Waals surface area contributed by atoms with E-state index in [1.165, 1.54) is 6.20 Å². The van der Waals surface area contributed by atoms with Crippen LogP contribution < -0.4 is 5.73 Å². The molecule has 0 saturated carbocycles. The quantitative estimate of drug-likeness (QED) is 0.643. The molecule has 10 heavy (non-hydrogen) atoms. The molecule has 4 nitrogen and oxygen atoms in total. The Hall–Kier alpha value is -1.32. The zero-order chi connectivity index (χ0) is 7.56. The number of nitrogens with two attached hydrogens (primary N) is 1. The van der Waals surface area contributed by atoms with E-state index in [0.717, 1.165) is 0 Å². The molecule has 0 aliphatic carbocycles. The third kappa shape index (κ3) is 1.00. The zero-order valence-electron chi connectivity index (χ0n) is 5.63. The molecule has 1 heterocycles. The minimum absolute atomic E-state index is 0.377. The molecular formula is C6H8N2O2. The number of rotatable bonds is 2. The van der Waals surface area contributed by atoms with E-state index in [1.54, 1.807) is 0 Å². The summed E-state index contributed by atoms with van der Waals surface area (Å²) in [5.74, 6) is 0.0607. The van der Waals surface area contributed by atoms with Crippen molar-refractivity contribution in [3.05, 3.63) is 17.5 Å². The van der Waals surface area contributed by atoms with Crippen molar-refractivity contribution in [2.45, 2.75) is 13.3 Å². The molecule has 1 amide bonds. The number of aromatic nitrogens is 1. The average Bonchev–Trinajstić information content (AvgIpc) is 2.33. The normalized spacial score (nSPS) is 9.70. The van der Waals surface area contributed by atoms with Gasteiger partial charge in [0.15, 0.2) is 0 Å². The molecule has 2 N–H and O–H groups in total. The number of nitrogens with zero attached hydrogens (tertiary/aromatic N) is 1. The standard InChI is InChI=1S/C6H8N2O2/c1-2-5-4(6(7)9)3-8-10-5/h3H,2H2,1H3,(H2,7,9). The first-order valence-electron chi connectivity index (χ1n) is 2.99. The fraction of sp³-hybridized carbons (Fsp3) is 0.333. The van der Waals surface area contributed by atoms with E-state index in [2.05, 4.69) is 5.16 Å². The Bertz CT molecular complexity index is 242. The van der Waals surface area contributed by atoms with Crippen LogP contribution in [0.2, 0.25) is 0 Å². The Morgan fingerprint density at radius 1 is 1.90 bits per heavy atom. The molecular weight excluding hydrogens is 132 g/mol. The lowest BCUT2D eigenvalue weighted by molar-refractivity contribution is 0.0998. The molecule has 0 radical (unpaired) electrons. The minimum atomic E-state index is -0.488. The largest absolute Gasteiger partial charge is 0.365 e. The van der Waals surface area contributed by atoms with E-state index in [0.29, 0.717) is 17.7 Å². The predicted octanol–water partition coefficient (Wildman–Crippen LogP) is 0.336. The number of aryl methyl sites for hydroxylation is 1. The second-order valence-electron chi connectivity index (χ2n) is 1.88. The highest BCUT2D eigenvalue weighted by molar-refractivity contribution is 5.93. The van der Waals surface area contributed by atoms with Gasteiger partial charge in [0.1, 0.15) is 11.3 Å². The summed E-state index contributed by atoms with van der Waals surface area (Å²) >= 11 is 0. The van der Waals surface area contributed by atoms with Crippen LogP contribution in [0.5, 0.6) is 0 Å². The van der Waals surface area contributed by atoms with Crippen molar-refractivity contribution in [2.75, 3.05) is 0 Å². The smallest absolute Gasteiger partial charge is 0.253 e. The summed E-state index contributed by atoms with van der Waals surface area (Å²) in [6.45, 7) is 1.87. The zero-order valence-corrected chi connectivity index (χ0v) is 5.63. The van der Waals surface area contributed by atoms with E-state index >= 15 is 0 Å². The van der Waals surface area contributed by atoms with Gasteiger partial charge in [0, 0.05) is 6.42 Å². The van der Waals surface area contributed by atoms with Crippen LogP contribution in [0.4, 0.5) is 0 Å². The molecule has 0 aliphatic heterocycles. The van der Waals surface area contributed by atoms with E-state index in [4.69, 9.17) is 10.3 Å². The van der Waals surface area contributed by atoms with Crippen LogP contribution in [0.3, 0.4) is 0 Å². The van der Waals surface area contributed by atoms with Gasteiger partial charge in [0.05, 0.1) is 6.20 Å². The monoisotopic (exact) mass is 140 g/mol. The Labute approximate surface area is 58.0 Å². The van der Waals surface area contributed by atoms with Crippen molar-refractivity contribution in [1.82, 2.24) is 5.16 Å². The van der Waals surface area contributed by atoms with E-state index < -0.39 is 5.91 Å². The van der Waals surface area contributed by atoms with Crippen molar-refractivity contribution < 1.29 is 9.32 Å². The molecule has 1 aromatic rings. The van der Waals surface area contributed by atoms with Gasteiger partial charge >= 0.3 is 0 Å². The maximum absolute atomic E-state index is 10.6. The highest BCUT2D eigenvalue weighted by Crippen LogP contribution is 2.06. The molecule has 54 valence electrons. The summed E-state index contributed by atoms with van der Waals surface area (Å²) < 4.78 is 4.72. The van der Waals surface area contributed by atoms with Crippen LogP contribution >= 0.6 is 0 Å². The van der Waals surface area contributed by atoms with Crippen molar-refractivity contribution in [3.8, 4) is 0 Å². The van der Waals surface area contributed by atoms with Crippen LogP contribution in [-0.4, -0.2) is 11.1 Å². The lowest BCUT2D eigenvalue weighted by Gasteiger charge is -1.88. The summed E-state index contributed by atoms with van der Waals surface area (Å²) in [6.07, 6.45) is 1.97. The second kappa shape index (κ2) is 2.51. The highest BCUT2D eigenvalue weighted by atomic mass is 16.5. The Morgan fingerprint density at radius 3 is 3.00 bits per heavy atom. The molecule has 0 aliphatic rings. The average molecular weight is 140 g/mol. The van der Waals surface area contributed by atoms with Gasteiger partial charge in [-0.25, -0.2) is 0 Å². The lowest BCUT2D eigenvalue weighted by Crippen LogP contribution is -2.11. The molecule has 0 saturated heterocycles. The molecule has 0 spiro atoms. The maximum Gasteiger partial charge on any atom is 0.253 e. The van der Waals surface area contributed by atoms with E-state index in [9.17, 15) is 4.79 Å². The fourth-order valence-electron chi connectivity index (χ4n) is 0.720. The number of carbonyl (C=O) groups is 1. The van der Waals surface area contributed by atoms with Crippen molar-refractivity contribution >= 4 is 5.91 Å². The molecule has 4 heteroatoms. The molecule has 0 atom stereocenters. The first-order valence-corrected chi connectivity index (χ1v) is 2.99. The first-order chi connectivity index (χ1) is 4.75. The molecule has 1 aromatic heterocycles. The van der Waals surface area contributed by atoms with Gasteiger partial charge in [-0.2, -0.15) is 0 Å². The van der Waals surface area contributed by atoms with Crippen LogP contribution in [-0.2, 0) is 6.42 Å². The number of primary amides is 1. The summed E-state index contributed by atoms with van der Waals surface area (Å²) in [6, 6.07) is 0. The van der Waals surface area contributed by atoms with Crippen molar-refractivity contribution in [2.24, 2.45) is 5.73 Å². The summed E-state index contributed by atoms with van der Waals surface area (Å²) in [4.78, 5) is 10.6. The lowest BCUT2D eigenvalue weighted by atomic mass is 10.2. The summed E-state index contributed by atoms with van der Waals surface area (Å²) in [5.41, 5.74) is 5.37. The van der Waals surface area contributed by atoms with Crippen LogP contribution in [0.15, 0.2) is 10.7 Å². The van der Waals surface area contributed by atoms with Gasteiger partial charge in [0.25, 0.3) is 5.91 Å². The third-order valence-corrected chi connectivity index (χ3v) is 1.23. The molecule has 0 bridgehead atoms. The van der Waals surface area contributed by atoms with Gasteiger partial charge in [-0.1, -0.05) is 12.1 Å². The summed E-state index contributed by atoms with van der Waals surface area (Å²) in [5, 5.41) is 3.44. The highest BCUT2D eigenvalue weighted by Gasteiger charge is 2.09. The van der Waals surface area contributed by atoms with E-state index in [-0.39, 0.29) is 0 Å². The number of hydrogen-bond donors (Lipinski definition) is 1. The molecule has 0 aromatic carbocycles. The van der Waals surface area contributed by atoms with Crippen LogP contribution in [0, 0.1) is 0 Å². The number of amides is 1. The number of hydrogen-bond acceptors (Lipinski definition) is 3. The molecule has 0 fully saturated rings. The predicted molar refractivity (Wildman–Crippen MR) is 34.4 cm³/mol. The van der Waals surface area contributed by atoms with Gasteiger partial charge < -0.3 is 10.3 Å². The Morgan fingerprint density at radius 2 is 2.60 bits per heavy atom. The topological polar surface area (TPSA) is 69.1 Å². The Balaban J connectivity index is 3.01. The van der Waals surface area contributed by atoms with Crippen molar-refractivity contribution in [3.63, 3.8) is 0 Å². The van der Waals surface area contributed by atoms with E-state index in [1.807, 2.05) is 6.92 Å². The number of carbonyl (C=O) groups excluding carboxylic acids is 1. The van der Waals surface area contributed by atoms with Gasteiger partial charge in [-0.05, 0) is 0 Å². The van der Waals surface area contributed by atoms with Crippen LogP contribution in [0.1, 0.15) is 23.0 Å². The molecule has 0 unspecified atom stereocenters.